The van der Waals surface area contributed by atoms with Crippen LogP contribution in [0.15, 0.2) is 36.7 Å². The topological polar surface area (TPSA) is 55.6 Å². The van der Waals surface area contributed by atoms with Crippen LogP contribution >= 0.6 is 0 Å². The molecular formula is C17H19N5. The lowest BCUT2D eigenvalue weighted by Gasteiger charge is -2.10. The van der Waals surface area contributed by atoms with Crippen molar-refractivity contribution >= 4 is 17.0 Å². The van der Waals surface area contributed by atoms with Gasteiger partial charge in [0.2, 0.25) is 0 Å². The van der Waals surface area contributed by atoms with Gasteiger partial charge in [0.25, 0.3) is 0 Å². The van der Waals surface area contributed by atoms with Gasteiger partial charge in [-0.3, -0.25) is 0 Å². The van der Waals surface area contributed by atoms with Crippen molar-refractivity contribution in [2.24, 2.45) is 0 Å². The molecule has 2 heterocycles. The number of nitrogens with one attached hydrogen (secondary N) is 1. The summed E-state index contributed by atoms with van der Waals surface area (Å²) in [6.07, 6.45) is 4.27. The zero-order valence-electron chi connectivity index (χ0n) is 12.8. The first-order chi connectivity index (χ1) is 10.7. The van der Waals surface area contributed by atoms with Crippen LogP contribution in [0.5, 0.6) is 0 Å². The minimum atomic E-state index is 0.317. The average Bonchev–Trinajstić information content (AvgIpc) is 3.23. The Hall–Kier alpha value is -2.43. The van der Waals surface area contributed by atoms with Gasteiger partial charge in [-0.2, -0.15) is 0 Å². The highest BCUT2D eigenvalue weighted by atomic mass is 15.2. The fraction of sp³-hybridized carbons (Fsp3) is 0.353. The molecule has 1 aliphatic rings. The molecule has 0 aliphatic heterocycles. The van der Waals surface area contributed by atoms with Crippen LogP contribution in [0.2, 0.25) is 0 Å². The maximum absolute atomic E-state index is 4.76. The highest BCUT2D eigenvalue weighted by molar-refractivity contribution is 5.85. The van der Waals surface area contributed by atoms with Gasteiger partial charge >= 0.3 is 0 Å². The van der Waals surface area contributed by atoms with E-state index in [1.165, 1.54) is 12.8 Å². The SMILES string of the molecule is CC(C)n1cnc2c(NC3CC3)nc(-c3ccccc3)nc21. The van der Waals surface area contributed by atoms with Crippen LogP contribution in [0, 0.1) is 0 Å². The van der Waals surface area contributed by atoms with Crippen LogP contribution in [0.1, 0.15) is 32.7 Å². The molecule has 0 atom stereocenters. The molecule has 1 N–H and O–H groups in total. The van der Waals surface area contributed by atoms with E-state index in [0.717, 1.165) is 28.4 Å². The predicted octanol–water partition coefficient (Wildman–Crippen LogP) is 3.65. The van der Waals surface area contributed by atoms with Gasteiger partial charge < -0.3 is 9.88 Å². The second kappa shape index (κ2) is 5.09. The molecule has 1 aromatic carbocycles. The summed E-state index contributed by atoms with van der Waals surface area (Å²) in [4.78, 5) is 14.0. The fourth-order valence-corrected chi connectivity index (χ4v) is 2.53. The van der Waals surface area contributed by atoms with E-state index in [0.29, 0.717) is 12.1 Å². The van der Waals surface area contributed by atoms with Crippen LogP contribution in [0.4, 0.5) is 5.82 Å². The maximum atomic E-state index is 4.76. The van der Waals surface area contributed by atoms with Gasteiger partial charge in [0.1, 0.15) is 5.52 Å². The average molecular weight is 293 g/mol. The number of anilines is 1. The number of nitrogens with zero attached hydrogens (tertiary/aromatic N) is 4. The number of aromatic nitrogens is 4. The van der Waals surface area contributed by atoms with E-state index >= 15 is 0 Å². The number of hydrogen-bond acceptors (Lipinski definition) is 4. The van der Waals surface area contributed by atoms with Crippen molar-refractivity contribution in [3.8, 4) is 11.4 Å². The van der Waals surface area contributed by atoms with Crippen molar-refractivity contribution in [2.75, 3.05) is 5.32 Å². The van der Waals surface area contributed by atoms with E-state index in [1.54, 1.807) is 0 Å². The van der Waals surface area contributed by atoms with E-state index in [-0.39, 0.29) is 0 Å². The molecule has 0 spiro atoms. The van der Waals surface area contributed by atoms with E-state index in [9.17, 15) is 0 Å². The van der Waals surface area contributed by atoms with E-state index < -0.39 is 0 Å². The van der Waals surface area contributed by atoms with Crippen LogP contribution in [0.3, 0.4) is 0 Å². The Labute approximate surface area is 129 Å². The molecule has 2 aromatic heterocycles. The molecule has 4 rings (SSSR count). The summed E-state index contributed by atoms with van der Waals surface area (Å²) in [5.41, 5.74) is 2.78. The Morgan fingerprint density at radius 2 is 1.91 bits per heavy atom. The Morgan fingerprint density at radius 1 is 1.14 bits per heavy atom. The first-order valence-corrected chi connectivity index (χ1v) is 7.79. The molecule has 5 nitrogen and oxygen atoms in total. The van der Waals surface area contributed by atoms with Gasteiger partial charge in [0.15, 0.2) is 17.3 Å². The van der Waals surface area contributed by atoms with Crippen LogP contribution in [0.25, 0.3) is 22.6 Å². The lowest BCUT2D eigenvalue weighted by Crippen LogP contribution is -2.07. The van der Waals surface area contributed by atoms with Gasteiger partial charge in [-0.15, -0.1) is 0 Å². The standard InChI is InChI=1S/C17H19N5/c1-11(2)22-10-18-14-16(19-13-8-9-13)20-15(21-17(14)22)12-6-4-3-5-7-12/h3-7,10-11,13H,8-9H2,1-2H3,(H,19,20,21). The normalized spacial score (nSPS) is 14.7. The monoisotopic (exact) mass is 293 g/mol. The minimum Gasteiger partial charge on any atom is -0.365 e. The summed E-state index contributed by atoms with van der Waals surface area (Å²) in [7, 11) is 0. The third-order valence-corrected chi connectivity index (χ3v) is 3.93. The molecule has 22 heavy (non-hydrogen) atoms. The van der Waals surface area contributed by atoms with E-state index in [2.05, 4.69) is 28.7 Å². The van der Waals surface area contributed by atoms with Crippen molar-refractivity contribution in [1.29, 1.82) is 0 Å². The Bertz CT molecular complexity index is 803. The largest absolute Gasteiger partial charge is 0.365 e. The third kappa shape index (κ3) is 2.32. The highest BCUT2D eigenvalue weighted by Gasteiger charge is 2.24. The van der Waals surface area contributed by atoms with E-state index in [1.807, 2.05) is 36.7 Å². The maximum Gasteiger partial charge on any atom is 0.166 e. The molecule has 0 bridgehead atoms. The summed E-state index contributed by atoms with van der Waals surface area (Å²) in [5.74, 6) is 1.60. The highest BCUT2D eigenvalue weighted by Crippen LogP contribution is 2.30. The summed E-state index contributed by atoms with van der Waals surface area (Å²) < 4.78 is 2.10. The zero-order chi connectivity index (χ0) is 15.1. The second-order valence-electron chi connectivity index (χ2n) is 6.10. The molecule has 0 radical (unpaired) electrons. The smallest absolute Gasteiger partial charge is 0.166 e. The van der Waals surface area contributed by atoms with Crippen molar-refractivity contribution in [1.82, 2.24) is 19.5 Å². The van der Waals surface area contributed by atoms with Gasteiger partial charge in [-0.25, -0.2) is 15.0 Å². The van der Waals surface area contributed by atoms with Gasteiger partial charge in [0.05, 0.1) is 6.33 Å². The van der Waals surface area contributed by atoms with Gasteiger partial charge in [-0.1, -0.05) is 30.3 Å². The Balaban J connectivity index is 1.91. The molecule has 0 amide bonds. The van der Waals surface area contributed by atoms with Gasteiger partial charge in [-0.05, 0) is 26.7 Å². The second-order valence-corrected chi connectivity index (χ2v) is 6.10. The number of hydrogen-bond donors (Lipinski definition) is 1. The molecule has 1 saturated carbocycles. The summed E-state index contributed by atoms with van der Waals surface area (Å²) in [6.45, 7) is 4.28. The van der Waals surface area contributed by atoms with Crippen molar-refractivity contribution in [3.63, 3.8) is 0 Å². The predicted molar refractivity (Wildman–Crippen MR) is 87.8 cm³/mol. The molecule has 112 valence electrons. The number of rotatable bonds is 4. The summed E-state index contributed by atoms with van der Waals surface area (Å²) in [6, 6.07) is 11.0. The van der Waals surface area contributed by atoms with Crippen molar-refractivity contribution in [3.05, 3.63) is 36.7 Å². The van der Waals surface area contributed by atoms with Crippen LogP contribution in [-0.4, -0.2) is 25.6 Å². The molecule has 1 fully saturated rings. The minimum absolute atomic E-state index is 0.317. The lowest BCUT2D eigenvalue weighted by molar-refractivity contribution is 0.613. The fourth-order valence-electron chi connectivity index (χ4n) is 2.53. The number of benzene rings is 1. The summed E-state index contributed by atoms with van der Waals surface area (Å²) >= 11 is 0. The zero-order valence-corrected chi connectivity index (χ0v) is 12.8. The molecule has 5 heteroatoms. The van der Waals surface area contributed by atoms with Gasteiger partial charge in [0, 0.05) is 17.6 Å². The Morgan fingerprint density at radius 3 is 2.59 bits per heavy atom. The molecule has 1 aliphatic carbocycles. The number of imidazole rings is 1. The lowest BCUT2D eigenvalue weighted by atomic mass is 10.2. The van der Waals surface area contributed by atoms with Crippen LogP contribution in [-0.2, 0) is 0 Å². The summed E-state index contributed by atoms with van der Waals surface area (Å²) in [5, 5.41) is 3.49. The molecule has 3 aromatic rings. The first kappa shape index (κ1) is 13.2. The molecule has 0 unspecified atom stereocenters. The first-order valence-electron chi connectivity index (χ1n) is 7.79. The van der Waals surface area contributed by atoms with Crippen LogP contribution < -0.4 is 5.32 Å². The van der Waals surface area contributed by atoms with Crippen molar-refractivity contribution in [2.45, 2.75) is 38.8 Å². The quantitative estimate of drug-likeness (QED) is 0.797. The molecular weight excluding hydrogens is 274 g/mol. The van der Waals surface area contributed by atoms with Crippen molar-refractivity contribution < 1.29 is 0 Å². The Kier molecular flexibility index (Phi) is 3.06. The molecule has 0 saturated heterocycles. The number of fused-ring (bicyclic) bond motifs is 1. The third-order valence-electron chi connectivity index (χ3n) is 3.93. The van der Waals surface area contributed by atoms with E-state index in [4.69, 9.17) is 9.97 Å².